The average Bonchev–Trinajstić information content (AvgIpc) is 1.80. The molecule has 0 saturated carbocycles. The van der Waals surface area contributed by atoms with Crippen LogP contribution in [0.5, 0.6) is 0 Å². The van der Waals surface area contributed by atoms with Crippen LogP contribution in [-0.4, -0.2) is 66.4 Å². The third-order valence-electron chi connectivity index (χ3n) is 16.7. The Morgan fingerprint density at radius 2 is 0.416 bits per heavy atom. The van der Waals surface area contributed by atoms with Gasteiger partial charge < -0.3 is 66.4 Å². The van der Waals surface area contributed by atoms with Crippen LogP contribution in [0.4, 0.5) is 0 Å². The second-order valence-corrected chi connectivity index (χ2v) is 22.7. The summed E-state index contributed by atoms with van der Waals surface area (Å²) in [6, 6.07) is 14.4. The fourth-order valence-electron chi connectivity index (χ4n) is 12.8. The number of benzene rings is 4. The van der Waals surface area contributed by atoms with E-state index in [1.165, 1.54) is 36.5 Å². The van der Waals surface area contributed by atoms with Crippen molar-refractivity contribution in [2.45, 2.75) is 159 Å². The van der Waals surface area contributed by atoms with Gasteiger partial charge in [0, 0.05) is 97.2 Å². The molecule has 0 aliphatic carbocycles. The Labute approximate surface area is 517 Å². The van der Waals surface area contributed by atoms with E-state index in [2.05, 4.69) is 0 Å². The van der Waals surface area contributed by atoms with Crippen LogP contribution in [0.3, 0.4) is 0 Å². The molecule has 0 N–H and O–H groups in total. The standard InChI is InChI=1S/C64H64N16O8.Zn/c1-9-17-73-41-25-33-34(26-42(41)74(18-10-2)58(82)57(73)81)50-65-49(33)69-51-35-27-43-44(76(20-12-4)60(84)59(83)75(43)19-11-3)28-36(35)53(66-51)71-55-39-31-47-48(80(24-16-8)64(88)63(87)79(47)23-15-7)32-40(39)56(68-55)72-54-38-30-46-45(29-37(38)52(67-54)70-50)77(21-13-5)61(85)62(86)78(46)22-14-6;/h25-32H,9-24H2,1-8H3;/q-2;+2. The van der Waals surface area contributed by atoms with Gasteiger partial charge in [-0.05, 0) is 121 Å². The minimum Gasteiger partial charge on any atom is -0.357 e. The van der Waals surface area contributed by atoms with E-state index in [1.807, 2.05) is 55.4 Å². The van der Waals surface area contributed by atoms with E-state index in [0.29, 0.717) is 139 Å². The number of nitrogens with zero attached hydrogens (tertiary/aromatic N) is 16. The van der Waals surface area contributed by atoms with Crippen LogP contribution >= 0.6 is 0 Å². The molecule has 0 fully saturated rings. The van der Waals surface area contributed by atoms with E-state index in [-0.39, 0.29) is 118 Å². The number of fused-ring (bicyclic) bond motifs is 24. The molecule has 450 valence electrons. The van der Waals surface area contributed by atoms with E-state index in [4.69, 9.17) is 39.9 Å². The first kappa shape index (κ1) is 59.9. The third kappa shape index (κ3) is 9.31. The summed E-state index contributed by atoms with van der Waals surface area (Å²) >= 11 is 0. The molecule has 9 heterocycles. The zero-order valence-corrected chi connectivity index (χ0v) is 54.0. The van der Waals surface area contributed by atoms with Gasteiger partial charge in [-0.1, -0.05) is 55.4 Å². The normalized spacial score (nSPS) is 12.1. The molecule has 2 aliphatic heterocycles. The van der Waals surface area contributed by atoms with Gasteiger partial charge in [0.2, 0.25) is 0 Å². The Kier molecular flexibility index (Phi) is 15.7. The molecule has 0 radical (unpaired) electrons. The molecule has 8 bridgehead atoms. The summed E-state index contributed by atoms with van der Waals surface area (Å²) < 4.78 is 11.8. The quantitative estimate of drug-likeness (QED) is 0.0677. The smallest absolute Gasteiger partial charge is 0.357 e. The minimum atomic E-state index is -0.674. The molecule has 13 rings (SSSR count). The molecule has 4 aromatic carbocycles. The van der Waals surface area contributed by atoms with Gasteiger partial charge in [0.1, 0.15) is 0 Å². The first-order valence-corrected chi connectivity index (χ1v) is 30.6. The van der Waals surface area contributed by atoms with Crippen LogP contribution in [0.25, 0.3) is 134 Å². The van der Waals surface area contributed by atoms with Gasteiger partial charge >= 0.3 is 64.0 Å². The van der Waals surface area contributed by atoms with E-state index >= 15 is 0 Å². The van der Waals surface area contributed by atoms with Gasteiger partial charge in [-0.25, -0.2) is 9.97 Å². The maximum absolute atomic E-state index is 14.1. The monoisotopic (exact) mass is 1250 g/mol. The summed E-state index contributed by atoms with van der Waals surface area (Å²) in [5, 5.41) is 1.79. The fourth-order valence-corrected chi connectivity index (χ4v) is 12.8. The van der Waals surface area contributed by atoms with Crippen molar-refractivity contribution in [3.8, 4) is 45.6 Å². The van der Waals surface area contributed by atoms with Crippen LogP contribution < -0.4 is 54.4 Å². The van der Waals surface area contributed by atoms with Crippen LogP contribution in [0.1, 0.15) is 107 Å². The van der Waals surface area contributed by atoms with E-state index in [0.717, 1.165) is 0 Å². The molecule has 89 heavy (non-hydrogen) atoms. The average molecular weight is 1250 g/mol. The van der Waals surface area contributed by atoms with Gasteiger partial charge in [-0.2, -0.15) is 0 Å². The van der Waals surface area contributed by atoms with Gasteiger partial charge in [0.25, 0.3) is 0 Å². The number of rotatable bonds is 16. The number of hydrogen-bond acceptors (Lipinski definition) is 14. The summed E-state index contributed by atoms with van der Waals surface area (Å²) in [5.74, 6) is 0.514. The molecule has 0 atom stereocenters. The Morgan fingerprint density at radius 3 is 0.573 bits per heavy atom. The Hall–Kier alpha value is -9.38. The van der Waals surface area contributed by atoms with Crippen molar-refractivity contribution in [2.75, 3.05) is 0 Å². The molecule has 0 spiro atoms. The van der Waals surface area contributed by atoms with Gasteiger partial charge in [0.15, 0.2) is 0 Å². The van der Waals surface area contributed by atoms with Crippen LogP contribution in [0, 0.1) is 0 Å². The first-order valence-electron chi connectivity index (χ1n) is 30.6. The fraction of sp³-hybridized carbons (Fsp3) is 0.375. The van der Waals surface area contributed by atoms with Crippen LogP contribution in [-0.2, 0) is 71.8 Å². The Bertz CT molecular complexity index is 4890. The van der Waals surface area contributed by atoms with Gasteiger partial charge in [-0.3, -0.25) is 38.4 Å². The van der Waals surface area contributed by atoms with Crippen molar-refractivity contribution in [3.05, 3.63) is 131 Å². The molecule has 24 nitrogen and oxygen atoms in total. The van der Waals surface area contributed by atoms with E-state index < -0.39 is 44.5 Å². The maximum atomic E-state index is 14.1. The molecule has 25 heteroatoms. The minimum absolute atomic E-state index is 0. The van der Waals surface area contributed by atoms with Gasteiger partial charge in [-0.15, -0.1) is 0 Å². The Morgan fingerprint density at radius 1 is 0.258 bits per heavy atom. The second-order valence-electron chi connectivity index (χ2n) is 22.7. The largest absolute Gasteiger partial charge is 2.00 e. The first-order chi connectivity index (χ1) is 42.6. The molecular formula is C64H64N16O8Zn. The molecule has 7 aromatic heterocycles. The predicted octanol–water partition coefficient (Wildman–Crippen LogP) is 7.31. The maximum Gasteiger partial charge on any atom is 2.00 e. The molecule has 0 amide bonds. The van der Waals surface area contributed by atoms with Crippen molar-refractivity contribution >= 4 is 88.3 Å². The zero-order valence-electron chi connectivity index (χ0n) is 51.1. The SMILES string of the molecule is CCCn1c(=O)c(=O)n(CCC)c2cc3c(cc21)-c1nc-3nc2[n-]c(nc3nc(nc4[n-]c(n1)c1cc5c(cc41)n(CCC)c(=O)c(=O)n5CCC)-c1cc4c(cc1-3)n(CCC)c(=O)c(=O)n4CCC)c1cc3c(cc21)n(CCC)c(=O)c(=O)n3CCC.[Zn+2]. The predicted molar refractivity (Wildman–Crippen MR) is 340 cm³/mol. The summed E-state index contributed by atoms with van der Waals surface area (Å²) in [6.07, 6.45) is 4.35. The summed E-state index contributed by atoms with van der Waals surface area (Å²) in [4.78, 5) is 154. The molecular weight excluding hydrogens is 1190 g/mol. The van der Waals surface area contributed by atoms with Crippen molar-refractivity contribution in [2.24, 2.45) is 0 Å². The van der Waals surface area contributed by atoms with Crippen molar-refractivity contribution in [1.82, 2.24) is 76.4 Å². The van der Waals surface area contributed by atoms with E-state index in [9.17, 15) is 38.4 Å². The molecule has 0 unspecified atom stereocenters. The van der Waals surface area contributed by atoms with Crippen molar-refractivity contribution in [1.29, 1.82) is 0 Å². The summed E-state index contributed by atoms with van der Waals surface area (Å²) in [6.45, 7) is 17.3. The summed E-state index contributed by atoms with van der Waals surface area (Å²) in [7, 11) is 0. The van der Waals surface area contributed by atoms with Crippen molar-refractivity contribution < 1.29 is 19.5 Å². The van der Waals surface area contributed by atoms with Gasteiger partial charge in [0.05, 0.1) is 67.4 Å². The number of aromatic nitrogens is 16. The zero-order chi connectivity index (χ0) is 61.7. The van der Waals surface area contributed by atoms with Crippen molar-refractivity contribution in [3.63, 3.8) is 0 Å². The van der Waals surface area contributed by atoms with Crippen LogP contribution in [0.2, 0.25) is 0 Å². The topological polar surface area (TPSA) is 282 Å². The number of hydrogen-bond donors (Lipinski definition) is 0. The van der Waals surface area contributed by atoms with E-state index in [1.54, 1.807) is 48.5 Å². The van der Waals surface area contributed by atoms with Crippen LogP contribution in [0.15, 0.2) is 86.9 Å². The summed E-state index contributed by atoms with van der Waals surface area (Å²) in [5.41, 5.74) is 0.675. The third-order valence-corrected chi connectivity index (χ3v) is 16.7. The molecule has 11 aromatic rings. The second kappa shape index (κ2) is 23.3. The number of aryl methyl sites for hydroxylation is 8. The molecule has 2 aliphatic rings. The molecule has 0 saturated heterocycles. The Balaban J connectivity index is 0.00000769.